The number of aromatic nitrogens is 3. The molecule has 2 heterocycles. The molecule has 3 N–H and O–H groups in total. The summed E-state index contributed by atoms with van der Waals surface area (Å²) in [5.74, 6) is 1.17. The van der Waals surface area contributed by atoms with Gasteiger partial charge in [0.15, 0.2) is 5.82 Å². The number of aromatic hydroxyl groups is 1. The van der Waals surface area contributed by atoms with Crippen molar-refractivity contribution in [2.24, 2.45) is 0 Å². The molecule has 1 aliphatic rings. The zero-order valence-electron chi connectivity index (χ0n) is 15.3. The Labute approximate surface area is 168 Å². The molecule has 4 rings (SSSR count). The molecule has 0 unspecified atom stereocenters. The van der Waals surface area contributed by atoms with Gasteiger partial charge < -0.3 is 15.7 Å². The summed E-state index contributed by atoms with van der Waals surface area (Å²) in [7, 11) is 0. The minimum Gasteiger partial charge on any atom is -0.507 e. The number of anilines is 2. The van der Waals surface area contributed by atoms with Crippen LogP contribution in [0.5, 0.6) is 5.75 Å². The highest BCUT2D eigenvalue weighted by Crippen LogP contribution is 2.27. The Morgan fingerprint density at radius 3 is 2.50 bits per heavy atom. The number of phenols is 1. The van der Waals surface area contributed by atoms with Crippen LogP contribution in [0.4, 0.5) is 11.9 Å². The SMILES string of the molecule is Nc1nc(-c2ccccc2O)nc(N2CCN(Cc3cccc(Cl)c3)CC2)n1. The number of nitrogen functional groups attached to an aromatic ring is 1. The van der Waals surface area contributed by atoms with Crippen LogP contribution in [0, 0.1) is 0 Å². The number of rotatable bonds is 4. The fraction of sp³-hybridized carbons (Fsp3) is 0.250. The van der Waals surface area contributed by atoms with Crippen LogP contribution in [0.15, 0.2) is 48.5 Å². The van der Waals surface area contributed by atoms with Gasteiger partial charge in [-0.15, -0.1) is 0 Å². The second-order valence-corrected chi connectivity index (χ2v) is 7.16. The molecule has 0 spiro atoms. The van der Waals surface area contributed by atoms with Crippen molar-refractivity contribution in [2.45, 2.75) is 6.54 Å². The molecule has 2 aromatic carbocycles. The summed E-state index contributed by atoms with van der Waals surface area (Å²) in [6.45, 7) is 4.18. The Balaban J connectivity index is 1.47. The number of nitrogens with two attached hydrogens (primary N) is 1. The lowest BCUT2D eigenvalue weighted by atomic mass is 10.2. The van der Waals surface area contributed by atoms with Gasteiger partial charge in [0.25, 0.3) is 0 Å². The first-order valence-corrected chi connectivity index (χ1v) is 9.48. The van der Waals surface area contributed by atoms with E-state index in [1.807, 2.05) is 24.3 Å². The van der Waals surface area contributed by atoms with Crippen molar-refractivity contribution in [2.75, 3.05) is 36.8 Å². The van der Waals surface area contributed by atoms with E-state index >= 15 is 0 Å². The summed E-state index contributed by atoms with van der Waals surface area (Å²) >= 11 is 6.08. The fourth-order valence-corrected chi connectivity index (χ4v) is 3.52. The third kappa shape index (κ3) is 4.16. The average molecular weight is 397 g/mol. The van der Waals surface area contributed by atoms with Gasteiger partial charge in [0, 0.05) is 37.7 Å². The van der Waals surface area contributed by atoms with Crippen molar-refractivity contribution in [1.29, 1.82) is 0 Å². The molecule has 0 radical (unpaired) electrons. The van der Waals surface area contributed by atoms with E-state index in [0.29, 0.717) is 17.3 Å². The van der Waals surface area contributed by atoms with Gasteiger partial charge in [-0.2, -0.15) is 15.0 Å². The summed E-state index contributed by atoms with van der Waals surface area (Å²) in [6, 6.07) is 14.9. The molecule has 8 heteroatoms. The van der Waals surface area contributed by atoms with E-state index in [1.54, 1.807) is 18.2 Å². The lowest BCUT2D eigenvalue weighted by Gasteiger charge is -2.34. The quantitative estimate of drug-likeness (QED) is 0.700. The van der Waals surface area contributed by atoms with Crippen LogP contribution in [0.3, 0.4) is 0 Å². The van der Waals surface area contributed by atoms with Gasteiger partial charge in [-0.1, -0.05) is 35.9 Å². The second kappa shape index (κ2) is 8.00. The molecule has 0 saturated carbocycles. The Kier molecular flexibility index (Phi) is 5.27. The number of nitrogens with zero attached hydrogens (tertiary/aromatic N) is 5. The molecule has 1 fully saturated rings. The highest BCUT2D eigenvalue weighted by molar-refractivity contribution is 6.30. The van der Waals surface area contributed by atoms with Gasteiger partial charge in [-0.05, 0) is 29.8 Å². The van der Waals surface area contributed by atoms with Crippen LogP contribution >= 0.6 is 11.6 Å². The normalized spacial score (nSPS) is 15.0. The van der Waals surface area contributed by atoms with Crippen LogP contribution in [0.25, 0.3) is 11.4 Å². The summed E-state index contributed by atoms with van der Waals surface area (Å²) < 4.78 is 0. The number of piperazine rings is 1. The van der Waals surface area contributed by atoms with Gasteiger partial charge in [0.2, 0.25) is 11.9 Å². The smallest absolute Gasteiger partial charge is 0.230 e. The maximum absolute atomic E-state index is 10.1. The van der Waals surface area contributed by atoms with Gasteiger partial charge in [-0.25, -0.2) is 0 Å². The highest BCUT2D eigenvalue weighted by atomic mass is 35.5. The zero-order chi connectivity index (χ0) is 19.5. The van der Waals surface area contributed by atoms with Crippen LogP contribution in [0.1, 0.15) is 5.56 Å². The molecule has 0 aliphatic carbocycles. The summed E-state index contributed by atoms with van der Waals surface area (Å²) in [4.78, 5) is 17.5. The summed E-state index contributed by atoms with van der Waals surface area (Å²) in [5.41, 5.74) is 7.64. The number of benzene rings is 2. The van der Waals surface area contributed by atoms with Crippen molar-refractivity contribution in [1.82, 2.24) is 19.9 Å². The molecule has 28 heavy (non-hydrogen) atoms. The summed E-state index contributed by atoms with van der Waals surface area (Å²) in [6.07, 6.45) is 0. The molecule has 7 nitrogen and oxygen atoms in total. The highest BCUT2D eigenvalue weighted by Gasteiger charge is 2.21. The average Bonchev–Trinajstić information content (AvgIpc) is 2.68. The molecular formula is C20H21ClN6O. The Hall–Kier alpha value is -2.90. The maximum atomic E-state index is 10.1. The predicted octanol–water partition coefficient (Wildman–Crippen LogP) is 2.80. The first-order valence-electron chi connectivity index (χ1n) is 9.10. The van der Waals surface area contributed by atoms with Gasteiger partial charge in [-0.3, -0.25) is 4.90 Å². The number of hydrogen-bond acceptors (Lipinski definition) is 7. The molecule has 1 aromatic heterocycles. The van der Waals surface area contributed by atoms with E-state index < -0.39 is 0 Å². The van der Waals surface area contributed by atoms with Gasteiger partial charge >= 0.3 is 0 Å². The number of hydrogen-bond donors (Lipinski definition) is 2. The van der Waals surface area contributed by atoms with Crippen molar-refractivity contribution in [3.05, 3.63) is 59.1 Å². The molecule has 1 aliphatic heterocycles. The topological polar surface area (TPSA) is 91.4 Å². The van der Waals surface area contributed by atoms with Crippen molar-refractivity contribution >= 4 is 23.5 Å². The molecule has 0 bridgehead atoms. The van der Waals surface area contributed by atoms with Gasteiger partial charge in [0.05, 0.1) is 5.56 Å². The van der Waals surface area contributed by atoms with Crippen LogP contribution in [-0.2, 0) is 6.54 Å². The lowest BCUT2D eigenvalue weighted by Crippen LogP contribution is -2.46. The van der Waals surface area contributed by atoms with E-state index in [-0.39, 0.29) is 11.7 Å². The van der Waals surface area contributed by atoms with Crippen molar-refractivity contribution in [3.63, 3.8) is 0 Å². The Morgan fingerprint density at radius 2 is 1.75 bits per heavy atom. The molecule has 3 aromatic rings. The molecular weight excluding hydrogens is 376 g/mol. The van der Waals surface area contributed by atoms with E-state index in [2.05, 4.69) is 30.8 Å². The molecule has 0 atom stereocenters. The van der Waals surface area contributed by atoms with Gasteiger partial charge in [0.1, 0.15) is 5.75 Å². The molecule has 1 saturated heterocycles. The second-order valence-electron chi connectivity index (χ2n) is 6.73. The third-order valence-electron chi connectivity index (χ3n) is 4.74. The number of phenolic OH excluding ortho intramolecular Hbond substituents is 1. The molecule has 0 amide bonds. The lowest BCUT2D eigenvalue weighted by molar-refractivity contribution is 0.248. The van der Waals surface area contributed by atoms with Crippen molar-refractivity contribution < 1.29 is 5.11 Å². The standard InChI is InChI=1S/C20H21ClN6O/c21-15-5-3-4-14(12-15)13-26-8-10-27(11-9-26)20-24-18(23-19(22)25-20)16-6-1-2-7-17(16)28/h1-7,12,28H,8-11,13H2,(H2,22,23,24,25). The maximum Gasteiger partial charge on any atom is 0.230 e. The first kappa shape index (κ1) is 18.5. The van der Waals surface area contributed by atoms with Crippen LogP contribution < -0.4 is 10.6 Å². The fourth-order valence-electron chi connectivity index (χ4n) is 3.30. The first-order chi connectivity index (χ1) is 13.6. The largest absolute Gasteiger partial charge is 0.507 e. The van der Waals surface area contributed by atoms with Crippen molar-refractivity contribution in [3.8, 4) is 17.1 Å². The Morgan fingerprint density at radius 1 is 0.964 bits per heavy atom. The Bertz CT molecular complexity index is 974. The summed E-state index contributed by atoms with van der Waals surface area (Å²) in [5, 5.41) is 10.8. The van der Waals surface area contributed by atoms with Crippen LogP contribution in [-0.4, -0.2) is 51.1 Å². The predicted molar refractivity (Wildman–Crippen MR) is 110 cm³/mol. The van der Waals surface area contributed by atoms with E-state index in [1.165, 1.54) is 5.56 Å². The minimum atomic E-state index is 0.116. The van der Waals surface area contributed by atoms with E-state index in [9.17, 15) is 5.11 Å². The minimum absolute atomic E-state index is 0.116. The van der Waals surface area contributed by atoms with E-state index in [0.717, 1.165) is 37.7 Å². The van der Waals surface area contributed by atoms with E-state index in [4.69, 9.17) is 17.3 Å². The third-order valence-corrected chi connectivity index (χ3v) is 4.97. The number of para-hydroxylation sites is 1. The molecule has 144 valence electrons. The number of halogens is 1. The monoisotopic (exact) mass is 396 g/mol. The van der Waals surface area contributed by atoms with Crippen LogP contribution in [0.2, 0.25) is 5.02 Å². The zero-order valence-corrected chi connectivity index (χ0v) is 16.0.